The molecule has 0 saturated heterocycles. The predicted molar refractivity (Wildman–Crippen MR) is 62.5 cm³/mol. The number of ether oxygens (including phenoxy) is 1. The quantitative estimate of drug-likeness (QED) is 0.851. The zero-order chi connectivity index (χ0) is 10.5. The molecule has 0 amide bonds. The SMILES string of the molecule is COc1c(Br)cnc2c1C1(CCC1)CN2. The van der Waals surface area contributed by atoms with Gasteiger partial charge in [-0.2, -0.15) is 0 Å². The Morgan fingerprint density at radius 2 is 2.33 bits per heavy atom. The smallest absolute Gasteiger partial charge is 0.142 e. The second-order valence-electron chi connectivity index (χ2n) is 4.35. The lowest BCUT2D eigenvalue weighted by molar-refractivity contribution is 0.261. The lowest BCUT2D eigenvalue weighted by atomic mass is 9.66. The van der Waals surface area contributed by atoms with Gasteiger partial charge in [-0.15, -0.1) is 0 Å². The van der Waals surface area contributed by atoms with Crippen molar-refractivity contribution in [2.75, 3.05) is 19.0 Å². The molecule has 0 bridgehead atoms. The molecule has 1 aromatic rings. The van der Waals surface area contributed by atoms with Crippen molar-refractivity contribution in [3.8, 4) is 5.75 Å². The van der Waals surface area contributed by atoms with Crippen LogP contribution < -0.4 is 10.1 Å². The number of halogens is 1. The van der Waals surface area contributed by atoms with Crippen LogP contribution in [0.3, 0.4) is 0 Å². The molecule has 0 radical (unpaired) electrons. The van der Waals surface area contributed by atoms with Crippen LogP contribution in [0.5, 0.6) is 5.75 Å². The van der Waals surface area contributed by atoms with Crippen LogP contribution in [0, 0.1) is 0 Å². The highest BCUT2D eigenvalue weighted by atomic mass is 79.9. The molecule has 2 heterocycles. The molecule has 1 aliphatic carbocycles. The number of hydrogen-bond acceptors (Lipinski definition) is 3. The van der Waals surface area contributed by atoms with E-state index in [4.69, 9.17) is 4.74 Å². The van der Waals surface area contributed by atoms with Crippen LogP contribution in [-0.2, 0) is 5.41 Å². The summed E-state index contributed by atoms with van der Waals surface area (Å²) in [6, 6.07) is 0. The number of methoxy groups -OCH3 is 1. The molecule has 15 heavy (non-hydrogen) atoms. The van der Waals surface area contributed by atoms with Crippen LogP contribution in [0.2, 0.25) is 0 Å². The first-order chi connectivity index (χ1) is 7.27. The Morgan fingerprint density at radius 3 is 2.93 bits per heavy atom. The zero-order valence-corrected chi connectivity index (χ0v) is 10.2. The molecule has 0 aromatic carbocycles. The van der Waals surface area contributed by atoms with Crippen LogP contribution in [0.1, 0.15) is 24.8 Å². The molecule has 3 nitrogen and oxygen atoms in total. The van der Waals surface area contributed by atoms with E-state index in [1.165, 1.54) is 24.8 Å². The zero-order valence-electron chi connectivity index (χ0n) is 8.64. The van der Waals surface area contributed by atoms with Gasteiger partial charge in [-0.25, -0.2) is 4.98 Å². The van der Waals surface area contributed by atoms with Gasteiger partial charge in [-0.1, -0.05) is 6.42 Å². The molecule has 1 aliphatic heterocycles. The lowest BCUT2D eigenvalue weighted by Gasteiger charge is -2.38. The van der Waals surface area contributed by atoms with Crippen LogP contribution in [-0.4, -0.2) is 18.6 Å². The van der Waals surface area contributed by atoms with Gasteiger partial charge in [0.1, 0.15) is 11.6 Å². The van der Waals surface area contributed by atoms with Crippen molar-refractivity contribution in [3.05, 3.63) is 16.2 Å². The summed E-state index contributed by atoms with van der Waals surface area (Å²) in [5, 5.41) is 3.38. The van der Waals surface area contributed by atoms with Crippen molar-refractivity contribution < 1.29 is 4.74 Å². The third-order valence-corrected chi connectivity index (χ3v) is 4.19. The van der Waals surface area contributed by atoms with Gasteiger partial charge in [-0.3, -0.25) is 0 Å². The molecular formula is C11H13BrN2O. The van der Waals surface area contributed by atoms with Gasteiger partial charge in [0.05, 0.1) is 11.6 Å². The maximum absolute atomic E-state index is 5.49. The van der Waals surface area contributed by atoms with Crippen molar-refractivity contribution in [1.29, 1.82) is 0 Å². The van der Waals surface area contributed by atoms with E-state index in [1.807, 2.05) is 6.20 Å². The molecule has 80 valence electrons. The van der Waals surface area contributed by atoms with E-state index < -0.39 is 0 Å². The third-order valence-electron chi connectivity index (χ3n) is 3.63. The molecule has 2 aliphatic rings. The van der Waals surface area contributed by atoms with Gasteiger partial charge in [0, 0.05) is 23.7 Å². The Labute approximate surface area is 97.4 Å². The highest BCUT2D eigenvalue weighted by Crippen LogP contribution is 2.54. The molecule has 1 saturated carbocycles. The Morgan fingerprint density at radius 1 is 1.53 bits per heavy atom. The second kappa shape index (κ2) is 3.11. The first-order valence-electron chi connectivity index (χ1n) is 5.24. The Balaban J connectivity index is 2.20. The topological polar surface area (TPSA) is 34.1 Å². The standard InChI is InChI=1S/C11H13BrN2O/c1-15-9-7(12)5-13-10-8(9)11(6-14-10)3-2-4-11/h5H,2-4,6H2,1H3,(H,13,14). The summed E-state index contributed by atoms with van der Waals surface area (Å²) in [6.45, 7) is 1.02. The number of fused-ring (bicyclic) bond motifs is 2. The summed E-state index contributed by atoms with van der Waals surface area (Å²) in [4.78, 5) is 4.41. The fourth-order valence-corrected chi connectivity index (χ4v) is 3.13. The molecule has 1 aromatic heterocycles. The highest BCUT2D eigenvalue weighted by Gasteiger charge is 2.47. The van der Waals surface area contributed by atoms with E-state index in [0.717, 1.165) is 22.6 Å². The fraction of sp³-hybridized carbons (Fsp3) is 0.545. The summed E-state index contributed by atoms with van der Waals surface area (Å²) in [5.41, 5.74) is 1.59. The van der Waals surface area contributed by atoms with Gasteiger partial charge in [0.2, 0.25) is 0 Å². The number of rotatable bonds is 1. The Kier molecular flexibility index (Phi) is 1.96. The lowest BCUT2D eigenvalue weighted by Crippen LogP contribution is -2.36. The van der Waals surface area contributed by atoms with E-state index >= 15 is 0 Å². The number of anilines is 1. The van der Waals surface area contributed by atoms with E-state index in [-0.39, 0.29) is 0 Å². The number of nitrogens with zero attached hydrogens (tertiary/aromatic N) is 1. The molecule has 1 spiro atoms. The fourth-order valence-electron chi connectivity index (χ4n) is 2.67. The Bertz CT molecular complexity index is 415. The van der Waals surface area contributed by atoms with Gasteiger partial charge in [0.15, 0.2) is 0 Å². The third kappa shape index (κ3) is 1.14. The second-order valence-corrected chi connectivity index (χ2v) is 5.20. The summed E-state index contributed by atoms with van der Waals surface area (Å²) in [6.07, 6.45) is 5.63. The van der Waals surface area contributed by atoms with Crippen molar-refractivity contribution in [3.63, 3.8) is 0 Å². The first kappa shape index (κ1) is 9.46. The maximum atomic E-state index is 5.49. The minimum absolute atomic E-state index is 0.303. The van der Waals surface area contributed by atoms with Crippen LogP contribution in [0.25, 0.3) is 0 Å². The Hall–Kier alpha value is -0.770. The van der Waals surface area contributed by atoms with E-state index in [9.17, 15) is 0 Å². The van der Waals surface area contributed by atoms with Gasteiger partial charge < -0.3 is 10.1 Å². The predicted octanol–water partition coefficient (Wildman–Crippen LogP) is 2.70. The van der Waals surface area contributed by atoms with Crippen LogP contribution in [0.4, 0.5) is 5.82 Å². The summed E-state index contributed by atoms with van der Waals surface area (Å²) >= 11 is 3.50. The van der Waals surface area contributed by atoms with Crippen LogP contribution in [0.15, 0.2) is 10.7 Å². The van der Waals surface area contributed by atoms with Crippen molar-refractivity contribution >= 4 is 21.7 Å². The number of nitrogens with one attached hydrogen (secondary N) is 1. The number of pyridine rings is 1. The van der Waals surface area contributed by atoms with Crippen LogP contribution >= 0.6 is 15.9 Å². The minimum atomic E-state index is 0.303. The molecule has 1 N–H and O–H groups in total. The first-order valence-corrected chi connectivity index (χ1v) is 6.03. The number of aromatic nitrogens is 1. The van der Waals surface area contributed by atoms with E-state index in [0.29, 0.717) is 5.41 Å². The summed E-state index contributed by atoms with van der Waals surface area (Å²) in [5.74, 6) is 1.97. The maximum Gasteiger partial charge on any atom is 0.142 e. The normalized spacial score (nSPS) is 20.7. The molecule has 0 atom stereocenters. The average molecular weight is 269 g/mol. The summed E-state index contributed by atoms with van der Waals surface area (Å²) in [7, 11) is 1.73. The van der Waals surface area contributed by atoms with Gasteiger partial charge in [0.25, 0.3) is 0 Å². The molecular weight excluding hydrogens is 256 g/mol. The minimum Gasteiger partial charge on any atom is -0.495 e. The van der Waals surface area contributed by atoms with Gasteiger partial charge in [-0.05, 0) is 28.8 Å². The largest absolute Gasteiger partial charge is 0.495 e. The molecule has 3 rings (SSSR count). The van der Waals surface area contributed by atoms with Crippen molar-refractivity contribution in [2.45, 2.75) is 24.7 Å². The monoisotopic (exact) mass is 268 g/mol. The summed E-state index contributed by atoms with van der Waals surface area (Å²) < 4.78 is 6.45. The van der Waals surface area contributed by atoms with Crippen molar-refractivity contribution in [2.24, 2.45) is 0 Å². The van der Waals surface area contributed by atoms with Gasteiger partial charge >= 0.3 is 0 Å². The molecule has 1 fully saturated rings. The number of hydrogen-bond donors (Lipinski definition) is 1. The van der Waals surface area contributed by atoms with E-state index in [1.54, 1.807) is 7.11 Å². The van der Waals surface area contributed by atoms with Crippen molar-refractivity contribution in [1.82, 2.24) is 4.98 Å². The average Bonchev–Trinajstić information content (AvgIpc) is 2.56. The highest BCUT2D eigenvalue weighted by molar-refractivity contribution is 9.10. The molecule has 4 heteroatoms. The van der Waals surface area contributed by atoms with E-state index in [2.05, 4.69) is 26.2 Å². The molecule has 0 unspecified atom stereocenters.